The third-order valence-electron chi connectivity index (χ3n) is 4.67. The van der Waals surface area contributed by atoms with E-state index in [1.165, 1.54) is 0 Å². The summed E-state index contributed by atoms with van der Waals surface area (Å²) < 4.78 is 50.9. The van der Waals surface area contributed by atoms with Gasteiger partial charge in [0, 0.05) is 20.1 Å². The van der Waals surface area contributed by atoms with Gasteiger partial charge in [-0.1, -0.05) is 23.8 Å². The Morgan fingerprint density at radius 3 is 2.63 bits per heavy atom. The molecule has 0 amide bonds. The summed E-state index contributed by atoms with van der Waals surface area (Å²) in [6.07, 6.45) is 1.25. The highest BCUT2D eigenvalue weighted by Gasteiger charge is 2.41. The molecule has 0 radical (unpaired) electrons. The molecule has 27 heavy (non-hydrogen) atoms. The van der Waals surface area contributed by atoms with Gasteiger partial charge in [-0.2, -0.15) is 0 Å². The lowest BCUT2D eigenvalue weighted by Crippen LogP contribution is -2.51. The molecule has 1 fully saturated rings. The van der Waals surface area contributed by atoms with Crippen LogP contribution in [0, 0.1) is 6.92 Å². The summed E-state index contributed by atoms with van der Waals surface area (Å²) in [6.45, 7) is 6.05. The molecule has 0 spiro atoms. The van der Waals surface area contributed by atoms with Gasteiger partial charge in [0.2, 0.25) is 10.0 Å². The second kappa shape index (κ2) is 7.98. The number of hydrogen-bond donors (Lipinski definition) is 1. The van der Waals surface area contributed by atoms with Gasteiger partial charge < -0.3 is 18.9 Å². The highest BCUT2D eigenvalue weighted by molar-refractivity contribution is 7.89. The van der Waals surface area contributed by atoms with Crippen LogP contribution in [0.1, 0.15) is 25.8 Å². The minimum absolute atomic E-state index is 0.132. The van der Waals surface area contributed by atoms with Crippen molar-refractivity contribution in [2.45, 2.75) is 56.4 Å². The Bertz CT molecular complexity index is 787. The van der Waals surface area contributed by atoms with Crippen molar-refractivity contribution in [3.8, 4) is 0 Å². The van der Waals surface area contributed by atoms with Crippen LogP contribution in [-0.4, -0.2) is 53.0 Å². The monoisotopic (exact) mass is 397 g/mol. The highest BCUT2D eigenvalue weighted by Crippen LogP contribution is 2.31. The molecule has 1 saturated heterocycles. The maximum Gasteiger partial charge on any atom is 0.240 e. The summed E-state index contributed by atoms with van der Waals surface area (Å²) in [4.78, 5) is 0.234. The smallest absolute Gasteiger partial charge is 0.240 e. The van der Waals surface area contributed by atoms with Crippen molar-refractivity contribution in [3.05, 3.63) is 41.5 Å². The van der Waals surface area contributed by atoms with E-state index in [1.807, 2.05) is 26.8 Å². The Balaban J connectivity index is 1.78. The molecular formula is C19H27NO6S. The predicted molar refractivity (Wildman–Crippen MR) is 99.6 cm³/mol. The third-order valence-corrected chi connectivity index (χ3v) is 6.09. The average molecular weight is 397 g/mol. The van der Waals surface area contributed by atoms with E-state index < -0.39 is 28.2 Å². The predicted octanol–water partition coefficient (Wildman–Crippen LogP) is 2.11. The Hall–Kier alpha value is -1.29. The lowest BCUT2D eigenvalue weighted by atomic mass is 10.0. The number of aryl methyl sites for hydroxylation is 1. The number of benzene rings is 1. The Kier molecular flexibility index (Phi) is 6.05. The molecule has 2 heterocycles. The fraction of sp³-hybridized carbons (Fsp3) is 0.579. The van der Waals surface area contributed by atoms with Crippen LogP contribution < -0.4 is 4.72 Å². The number of fused-ring (bicyclic) bond motifs is 1. The Morgan fingerprint density at radius 2 is 1.96 bits per heavy atom. The minimum atomic E-state index is -3.62. The largest absolute Gasteiger partial charge is 0.356 e. The molecule has 3 atom stereocenters. The minimum Gasteiger partial charge on any atom is -0.356 e. The number of nitrogens with one attached hydrogen (secondary N) is 1. The van der Waals surface area contributed by atoms with E-state index in [0.717, 1.165) is 11.1 Å². The molecule has 0 unspecified atom stereocenters. The van der Waals surface area contributed by atoms with Crippen LogP contribution in [0.5, 0.6) is 0 Å². The molecule has 1 N–H and O–H groups in total. The zero-order valence-electron chi connectivity index (χ0n) is 16.1. The van der Waals surface area contributed by atoms with Crippen molar-refractivity contribution in [1.82, 2.24) is 4.72 Å². The molecule has 7 nitrogen and oxygen atoms in total. The number of rotatable bonds is 5. The van der Waals surface area contributed by atoms with Crippen molar-refractivity contribution in [3.63, 3.8) is 0 Å². The second-order valence-electron chi connectivity index (χ2n) is 7.24. The zero-order chi connectivity index (χ0) is 19.7. The molecule has 8 heteroatoms. The number of hydrogen-bond acceptors (Lipinski definition) is 6. The van der Waals surface area contributed by atoms with E-state index in [1.54, 1.807) is 31.4 Å². The standard InChI is InChI=1S/C19H27NO6S/c1-13-5-8-15(9-6-13)27(21,22)20-11-14-7-10-17(23-4)25-16-12-24-19(2,3)26-18(14)16/h5-9,16-18,20H,10-12H2,1-4H3/t16-,17+,18+/m1/s1. The SMILES string of the molecule is CO[C@@H]1CC=C(CNS(=O)(=O)c2ccc(C)cc2)[C@@H]2OC(C)(C)OC[C@H]2O1. The molecule has 3 rings (SSSR count). The fourth-order valence-electron chi connectivity index (χ4n) is 3.13. The van der Waals surface area contributed by atoms with Crippen LogP contribution in [0.2, 0.25) is 0 Å². The van der Waals surface area contributed by atoms with Crippen LogP contribution in [0.3, 0.4) is 0 Å². The maximum atomic E-state index is 12.6. The molecule has 0 aromatic heterocycles. The summed E-state index contributed by atoms with van der Waals surface area (Å²) in [6, 6.07) is 6.74. The first-order chi connectivity index (χ1) is 12.7. The van der Waals surface area contributed by atoms with Crippen LogP contribution in [-0.2, 0) is 29.0 Å². The van der Waals surface area contributed by atoms with Gasteiger partial charge in [-0.05, 0) is 38.5 Å². The highest BCUT2D eigenvalue weighted by atomic mass is 32.2. The van der Waals surface area contributed by atoms with Crippen molar-refractivity contribution < 1.29 is 27.4 Å². The van der Waals surface area contributed by atoms with Crippen molar-refractivity contribution >= 4 is 10.0 Å². The summed E-state index contributed by atoms with van der Waals surface area (Å²) in [5.41, 5.74) is 1.82. The number of sulfonamides is 1. The van der Waals surface area contributed by atoms with Gasteiger partial charge in [-0.3, -0.25) is 0 Å². The van der Waals surface area contributed by atoms with Crippen molar-refractivity contribution in [2.75, 3.05) is 20.3 Å². The quantitative estimate of drug-likeness (QED) is 0.767. The average Bonchev–Trinajstić information content (AvgIpc) is 2.78. The zero-order valence-corrected chi connectivity index (χ0v) is 16.9. The maximum absolute atomic E-state index is 12.6. The first kappa shape index (κ1) is 20.4. The van der Waals surface area contributed by atoms with Crippen molar-refractivity contribution in [1.29, 1.82) is 0 Å². The van der Waals surface area contributed by atoms with Crippen molar-refractivity contribution in [2.24, 2.45) is 0 Å². The molecule has 1 aromatic rings. The molecule has 2 aliphatic heterocycles. The number of ether oxygens (including phenoxy) is 4. The molecular weight excluding hydrogens is 370 g/mol. The first-order valence-electron chi connectivity index (χ1n) is 8.95. The van der Waals surface area contributed by atoms with Crippen LogP contribution in [0.25, 0.3) is 0 Å². The fourth-order valence-corrected chi connectivity index (χ4v) is 4.15. The lowest BCUT2D eigenvalue weighted by molar-refractivity contribution is -0.317. The van der Waals surface area contributed by atoms with E-state index in [-0.39, 0.29) is 17.5 Å². The van der Waals surface area contributed by atoms with Crippen LogP contribution in [0.4, 0.5) is 0 Å². The van der Waals surface area contributed by atoms with E-state index in [0.29, 0.717) is 13.0 Å². The first-order valence-corrected chi connectivity index (χ1v) is 10.4. The summed E-state index contributed by atoms with van der Waals surface area (Å²) in [7, 11) is -2.05. The third kappa shape index (κ3) is 4.96. The van der Waals surface area contributed by atoms with E-state index in [2.05, 4.69) is 4.72 Å². The van der Waals surface area contributed by atoms with Gasteiger partial charge in [-0.15, -0.1) is 0 Å². The van der Waals surface area contributed by atoms with Gasteiger partial charge >= 0.3 is 0 Å². The molecule has 150 valence electrons. The van der Waals surface area contributed by atoms with E-state index in [9.17, 15) is 8.42 Å². The van der Waals surface area contributed by atoms with Gasteiger partial charge in [-0.25, -0.2) is 13.1 Å². The van der Waals surface area contributed by atoms with E-state index in [4.69, 9.17) is 18.9 Å². The summed E-state index contributed by atoms with van der Waals surface area (Å²) in [5, 5.41) is 0. The van der Waals surface area contributed by atoms with Gasteiger partial charge in [0.25, 0.3) is 0 Å². The Labute approximate surface area is 160 Å². The normalized spacial score (nSPS) is 28.1. The molecule has 2 aliphatic rings. The molecule has 0 aliphatic carbocycles. The van der Waals surface area contributed by atoms with Crippen LogP contribution >= 0.6 is 0 Å². The van der Waals surface area contributed by atoms with Gasteiger partial charge in [0.1, 0.15) is 12.2 Å². The summed E-state index contributed by atoms with van der Waals surface area (Å²) in [5.74, 6) is -0.771. The topological polar surface area (TPSA) is 83.1 Å². The van der Waals surface area contributed by atoms with Crippen LogP contribution in [0.15, 0.2) is 40.8 Å². The number of methoxy groups -OCH3 is 1. The molecule has 0 saturated carbocycles. The lowest BCUT2D eigenvalue weighted by Gasteiger charge is -2.41. The van der Waals surface area contributed by atoms with Gasteiger partial charge in [0.05, 0.1) is 11.5 Å². The second-order valence-corrected chi connectivity index (χ2v) is 9.01. The molecule has 0 bridgehead atoms. The molecule has 1 aromatic carbocycles. The Morgan fingerprint density at radius 1 is 1.26 bits per heavy atom. The van der Waals surface area contributed by atoms with E-state index >= 15 is 0 Å². The van der Waals surface area contributed by atoms with Gasteiger partial charge in [0.15, 0.2) is 12.1 Å². The summed E-state index contributed by atoms with van der Waals surface area (Å²) >= 11 is 0.